The monoisotopic (exact) mass is 403 g/mol. The van der Waals surface area contributed by atoms with Crippen molar-refractivity contribution in [3.63, 3.8) is 0 Å². The van der Waals surface area contributed by atoms with E-state index in [1.54, 1.807) is 0 Å². The Morgan fingerprint density at radius 1 is 1.21 bits per heavy atom. The van der Waals surface area contributed by atoms with Crippen molar-refractivity contribution in [2.45, 2.75) is 50.5 Å². The third-order valence-corrected chi connectivity index (χ3v) is 7.13. The molecule has 0 spiro atoms. The largest absolute Gasteiger partial charge is 0.507 e. The standard InChI is InChI=1S/C21H25NO5S/c1-4-14-6-10-19-15(12-14)7-8-16(5-2)22(19)28(25,26)17-9-11-20(23)18(13-17)21(24)27-3/h6,9-13,16,23H,4-5,7-8H2,1-3H3/t16-/m1/s1. The Morgan fingerprint density at radius 2 is 1.96 bits per heavy atom. The van der Waals surface area contributed by atoms with E-state index >= 15 is 0 Å². The molecule has 1 atom stereocenters. The SMILES string of the molecule is CCc1ccc2c(c1)CC[C@@H](CC)N2S(=O)(=O)c1ccc(O)c(C(=O)OC)c1. The van der Waals surface area contributed by atoms with Gasteiger partial charge in [0, 0.05) is 6.04 Å². The Morgan fingerprint density at radius 3 is 2.61 bits per heavy atom. The second-order valence-corrected chi connectivity index (χ2v) is 8.70. The molecule has 2 aromatic carbocycles. The van der Waals surface area contributed by atoms with E-state index in [0.29, 0.717) is 12.1 Å². The average molecular weight is 404 g/mol. The molecule has 0 bridgehead atoms. The van der Waals surface area contributed by atoms with Crippen molar-refractivity contribution in [2.24, 2.45) is 0 Å². The summed E-state index contributed by atoms with van der Waals surface area (Å²) in [6.07, 6.45) is 3.13. The van der Waals surface area contributed by atoms with E-state index in [0.717, 1.165) is 24.8 Å². The van der Waals surface area contributed by atoms with Gasteiger partial charge in [-0.1, -0.05) is 26.0 Å². The first-order valence-electron chi connectivity index (χ1n) is 9.41. The molecule has 0 amide bonds. The molecule has 0 fully saturated rings. The summed E-state index contributed by atoms with van der Waals surface area (Å²) in [7, 11) is -2.74. The highest BCUT2D eigenvalue weighted by atomic mass is 32.2. The van der Waals surface area contributed by atoms with Gasteiger partial charge in [-0.05, 0) is 61.1 Å². The van der Waals surface area contributed by atoms with E-state index in [-0.39, 0.29) is 22.3 Å². The van der Waals surface area contributed by atoms with Crippen molar-refractivity contribution in [1.82, 2.24) is 0 Å². The van der Waals surface area contributed by atoms with Crippen LogP contribution in [0.4, 0.5) is 5.69 Å². The summed E-state index contributed by atoms with van der Waals surface area (Å²) in [5, 5.41) is 9.92. The molecule has 3 rings (SSSR count). The van der Waals surface area contributed by atoms with Gasteiger partial charge < -0.3 is 9.84 Å². The maximum atomic E-state index is 13.5. The molecule has 0 saturated carbocycles. The number of esters is 1. The lowest BCUT2D eigenvalue weighted by molar-refractivity contribution is 0.0597. The molecule has 1 aliphatic rings. The van der Waals surface area contributed by atoms with Gasteiger partial charge in [-0.15, -0.1) is 0 Å². The third-order valence-electron chi connectivity index (χ3n) is 5.27. The van der Waals surface area contributed by atoms with Crippen LogP contribution in [0.3, 0.4) is 0 Å². The number of ether oxygens (including phenoxy) is 1. The summed E-state index contributed by atoms with van der Waals surface area (Å²) in [5.74, 6) is -1.10. The second-order valence-electron chi connectivity index (χ2n) is 6.89. The molecule has 0 radical (unpaired) electrons. The van der Waals surface area contributed by atoms with Gasteiger partial charge in [0.25, 0.3) is 10.0 Å². The highest BCUT2D eigenvalue weighted by molar-refractivity contribution is 7.92. The quantitative estimate of drug-likeness (QED) is 0.770. The van der Waals surface area contributed by atoms with Gasteiger partial charge in [0.2, 0.25) is 0 Å². The zero-order valence-electron chi connectivity index (χ0n) is 16.3. The molecule has 0 unspecified atom stereocenters. The van der Waals surface area contributed by atoms with Gasteiger partial charge in [-0.25, -0.2) is 13.2 Å². The molecule has 1 aliphatic heterocycles. The summed E-state index contributed by atoms with van der Waals surface area (Å²) < 4.78 is 33.2. The minimum absolute atomic E-state index is 0.0448. The minimum atomic E-state index is -3.92. The van der Waals surface area contributed by atoms with Gasteiger partial charge >= 0.3 is 5.97 Å². The van der Waals surface area contributed by atoms with Crippen LogP contribution in [0.15, 0.2) is 41.3 Å². The summed E-state index contributed by atoms with van der Waals surface area (Å²) in [6, 6.07) is 9.44. The van der Waals surface area contributed by atoms with Crippen LogP contribution in [0.1, 0.15) is 48.2 Å². The lowest BCUT2D eigenvalue weighted by Crippen LogP contribution is -2.43. The molecular weight excluding hydrogens is 378 g/mol. The number of carbonyl (C=O) groups excluding carboxylic acids is 1. The van der Waals surface area contributed by atoms with Gasteiger partial charge in [-0.3, -0.25) is 4.31 Å². The Kier molecular flexibility index (Phi) is 5.65. The van der Waals surface area contributed by atoms with Crippen LogP contribution in [0.5, 0.6) is 5.75 Å². The fraction of sp³-hybridized carbons (Fsp3) is 0.381. The Hall–Kier alpha value is -2.54. The molecule has 0 aliphatic carbocycles. The first-order valence-corrected chi connectivity index (χ1v) is 10.8. The number of aryl methyl sites for hydroxylation is 2. The smallest absolute Gasteiger partial charge is 0.341 e. The number of hydrogen-bond donors (Lipinski definition) is 1. The Bertz CT molecular complexity index is 1000. The number of benzene rings is 2. The van der Waals surface area contributed by atoms with E-state index in [4.69, 9.17) is 0 Å². The van der Waals surface area contributed by atoms with Crippen LogP contribution in [0, 0.1) is 0 Å². The molecule has 1 N–H and O–H groups in total. The van der Waals surface area contributed by atoms with Crippen LogP contribution < -0.4 is 4.31 Å². The fourth-order valence-corrected chi connectivity index (χ4v) is 5.49. The van der Waals surface area contributed by atoms with Crippen molar-refractivity contribution in [3.05, 3.63) is 53.1 Å². The highest BCUT2D eigenvalue weighted by Gasteiger charge is 2.35. The second kappa shape index (κ2) is 7.83. The predicted octanol–water partition coefficient (Wildman–Crippen LogP) is 3.66. The molecule has 2 aromatic rings. The first kappa shape index (κ1) is 20.2. The van der Waals surface area contributed by atoms with Crippen LogP contribution in [-0.2, 0) is 27.6 Å². The molecule has 28 heavy (non-hydrogen) atoms. The van der Waals surface area contributed by atoms with Crippen LogP contribution >= 0.6 is 0 Å². The zero-order valence-corrected chi connectivity index (χ0v) is 17.1. The van der Waals surface area contributed by atoms with E-state index in [1.807, 2.05) is 19.1 Å². The number of sulfonamides is 1. The van der Waals surface area contributed by atoms with Crippen molar-refractivity contribution < 1.29 is 23.1 Å². The number of phenols is 1. The molecular formula is C21H25NO5S. The van der Waals surface area contributed by atoms with E-state index < -0.39 is 16.0 Å². The summed E-state index contributed by atoms with van der Waals surface area (Å²) in [6.45, 7) is 4.04. The highest BCUT2D eigenvalue weighted by Crippen LogP contribution is 2.37. The molecule has 6 nitrogen and oxygen atoms in total. The lowest BCUT2D eigenvalue weighted by Gasteiger charge is -2.37. The van der Waals surface area contributed by atoms with Crippen LogP contribution in [0.2, 0.25) is 0 Å². The van der Waals surface area contributed by atoms with Crippen molar-refractivity contribution in [3.8, 4) is 5.75 Å². The van der Waals surface area contributed by atoms with Gasteiger partial charge in [0.1, 0.15) is 11.3 Å². The first-order chi connectivity index (χ1) is 13.3. The van der Waals surface area contributed by atoms with E-state index in [9.17, 15) is 18.3 Å². The number of phenolic OH excluding ortho intramolecular Hbond substituents is 1. The maximum absolute atomic E-state index is 13.5. The normalized spacial score (nSPS) is 16.5. The molecule has 0 aromatic heterocycles. The number of rotatable bonds is 5. The number of carbonyl (C=O) groups is 1. The summed E-state index contributed by atoms with van der Waals surface area (Å²) in [4.78, 5) is 11.8. The fourth-order valence-electron chi connectivity index (χ4n) is 3.67. The minimum Gasteiger partial charge on any atom is -0.507 e. The van der Waals surface area contributed by atoms with Gasteiger partial charge in [0.05, 0.1) is 17.7 Å². The zero-order chi connectivity index (χ0) is 20.5. The van der Waals surface area contributed by atoms with E-state index in [1.165, 1.54) is 35.2 Å². The van der Waals surface area contributed by atoms with Crippen molar-refractivity contribution >= 4 is 21.7 Å². The summed E-state index contributed by atoms with van der Waals surface area (Å²) in [5.41, 5.74) is 2.70. The molecule has 0 saturated heterocycles. The number of aromatic hydroxyl groups is 1. The number of nitrogens with zero attached hydrogens (tertiary/aromatic N) is 1. The predicted molar refractivity (Wildman–Crippen MR) is 107 cm³/mol. The molecule has 150 valence electrons. The summed E-state index contributed by atoms with van der Waals surface area (Å²) >= 11 is 0. The Labute approximate surface area is 165 Å². The van der Waals surface area contributed by atoms with Crippen LogP contribution in [-0.4, -0.2) is 32.6 Å². The maximum Gasteiger partial charge on any atom is 0.341 e. The average Bonchev–Trinajstić information content (AvgIpc) is 2.71. The molecule has 1 heterocycles. The molecule has 7 heteroatoms. The van der Waals surface area contributed by atoms with Gasteiger partial charge in [-0.2, -0.15) is 0 Å². The van der Waals surface area contributed by atoms with E-state index in [2.05, 4.69) is 17.7 Å². The lowest BCUT2D eigenvalue weighted by atomic mass is 9.94. The van der Waals surface area contributed by atoms with Gasteiger partial charge in [0.15, 0.2) is 0 Å². The number of methoxy groups -OCH3 is 1. The topological polar surface area (TPSA) is 83.9 Å². The number of fused-ring (bicyclic) bond motifs is 1. The van der Waals surface area contributed by atoms with Crippen molar-refractivity contribution in [2.75, 3.05) is 11.4 Å². The van der Waals surface area contributed by atoms with Crippen LogP contribution in [0.25, 0.3) is 0 Å². The van der Waals surface area contributed by atoms with Crippen molar-refractivity contribution in [1.29, 1.82) is 0 Å². The number of hydrogen-bond acceptors (Lipinski definition) is 5. The Balaban J connectivity index is 2.14. The number of anilines is 1. The third kappa shape index (κ3) is 3.46.